The van der Waals surface area contributed by atoms with Gasteiger partial charge in [0.05, 0.1) is 0 Å². The number of piperidine rings is 2. The Labute approximate surface area is 134 Å². The van der Waals surface area contributed by atoms with Gasteiger partial charge in [-0.25, -0.2) is 0 Å². The lowest BCUT2D eigenvalue weighted by Crippen LogP contribution is -2.52. The second kappa shape index (κ2) is 6.31. The van der Waals surface area contributed by atoms with Gasteiger partial charge in [0, 0.05) is 39.3 Å². The minimum Gasteiger partial charge on any atom is -0.316 e. The molecule has 0 saturated carbocycles. The Hall–Kier alpha value is -0.900. The van der Waals surface area contributed by atoms with Crippen LogP contribution < -0.4 is 5.32 Å². The third-order valence-electron chi connectivity index (χ3n) is 5.94. The topological polar surface area (TPSA) is 18.5 Å². The summed E-state index contributed by atoms with van der Waals surface area (Å²) in [5.41, 5.74) is 3.66. The van der Waals surface area contributed by atoms with Gasteiger partial charge in [0.1, 0.15) is 0 Å². The van der Waals surface area contributed by atoms with Crippen LogP contribution in [0.1, 0.15) is 36.8 Å². The van der Waals surface area contributed by atoms with Crippen molar-refractivity contribution < 1.29 is 0 Å². The first-order valence-corrected chi connectivity index (χ1v) is 9.05. The highest BCUT2D eigenvalue weighted by atomic mass is 15.2. The molecule has 22 heavy (non-hydrogen) atoms. The van der Waals surface area contributed by atoms with E-state index in [-0.39, 0.29) is 0 Å². The van der Waals surface area contributed by atoms with E-state index in [4.69, 9.17) is 0 Å². The fourth-order valence-electron chi connectivity index (χ4n) is 4.72. The second-order valence-corrected chi connectivity index (χ2v) is 7.64. The maximum Gasteiger partial charge on any atom is 0.0241 e. The van der Waals surface area contributed by atoms with Crippen LogP contribution in [0.5, 0.6) is 0 Å². The molecule has 1 atom stereocenters. The van der Waals surface area contributed by atoms with Crippen molar-refractivity contribution in [3.63, 3.8) is 0 Å². The van der Waals surface area contributed by atoms with E-state index in [0.29, 0.717) is 5.41 Å². The van der Waals surface area contributed by atoms with Gasteiger partial charge in [-0.1, -0.05) is 24.3 Å². The normalized spacial score (nSPS) is 29.8. The maximum absolute atomic E-state index is 3.64. The van der Waals surface area contributed by atoms with Crippen LogP contribution in [-0.4, -0.2) is 49.1 Å². The molecule has 3 heterocycles. The van der Waals surface area contributed by atoms with Crippen LogP contribution in [0.15, 0.2) is 24.3 Å². The van der Waals surface area contributed by atoms with Gasteiger partial charge in [0.25, 0.3) is 0 Å². The maximum atomic E-state index is 3.64. The quantitative estimate of drug-likeness (QED) is 0.925. The number of rotatable bonds is 3. The van der Waals surface area contributed by atoms with E-state index in [2.05, 4.69) is 39.4 Å². The van der Waals surface area contributed by atoms with Crippen molar-refractivity contribution in [3.8, 4) is 0 Å². The summed E-state index contributed by atoms with van der Waals surface area (Å²) in [4.78, 5) is 5.35. The highest BCUT2D eigenvalue weighted by molar-refractivity contribution is 5.30. The Morgan fingerprint density at radius 3 is 2.41 bits per heavy atom. The summed E-state index contributed by atoms with van der Waals surface area (Å²) in [5, 5.41) is 3.64. The van der Waals surface area contributed by atoms with Gasteiger partial charge >= 0.3 is 0 Å². The first kappa shape index (κ1) is 14.7. The van der Waals surface area contributed by atoms with Crippen LogP contribution >= 0.6 is 0 Å². The van der Waals surface area contributed by atoms with Gasteiger partial charge < -0.3 is 10.2 Å². The third kappa shape index (κ3) is 3.08. The largest absolute Gasteiger partial charge is 0.316 e. The predicted molar refractivity (Wildman–Crippen MR) is 90.8 cm³/mol. The summed E-state index contributed by atoms with van der Waals surface area (Å²) in [6.07, 6.45) is 5.63. The van der Waals surface area contributed by atoms with Crippen molar-refractivity contribution in [3.05, 3.63) is 35.4 Å². The molecule has 3 aliphatic heterocycles. The summed E-state index contributed by atoms with van der Waals surface area (Å²) in [6, 6.07) is 8.93. The van der Waals surface area contributed by atoms with Gasteiger partial charge in [-0.3, -0.25) is 4.90 Å². The molecule has 4 rings (SSSR count). The van der Waals surface area contributed by atoms with Crippen molar-refractivity contribution in [2.24, 2.45) is 5.41 Å². The molecule has 2 fully saturated rings. The van der Waals surface area contributed by atoms with E-state index in [1.54, 1.807) is 0 Å². The SMILES string of the molecule is c1ccc2c(c1)CN(CCN1CCCC3(CCCNC3)C1)C2. The molecule has 0 aliphatic carbocycles. The van der Waals surface area contributed by atoms with Crippen molar-refractivity contribution >= 4 is 0 Å². The molecule has 1 N–H and O–H groups in total. The number of fused-ring (bicyclic) bond motifs is 1. The van der Waals surface area contributed by atoms with E-state index in [1.807, 2.05) is 0 Å². The molecular weight excluding hydrogens is 270 g/mol. The third-order valence-corrected chi connectivity index (χ3v) is 5.94. The smallest absolute Gasteiger partial charge is 0.0241 e. The summed E-state index contributed by atoms with van der Waals surface area (Å²) >= 11 is 0. The molecule has 0 aromatic heterocycles. The van der Waals surface area contributed by atoms with Crippen molar-refractivity contribution in [2.45, 2.75) is 38.8 Å². The molecule has 0 radical (unpaired) electrons. The summed E-state index contributed by atoms with van der Waals surface area (Å²) in [5.74, 6) is 0. The molecule has 1 unspecified atom stereocenters. The van der Waals surface area contributed by atoms with E-state index in [9.17, 15) is 0 Å². The van der Waals surface area contributed by atoms with Gasteiger partial charge in [-0.05, 0) is 55.3 Å². The fourth-order valence-corrected chi connectivity index (χ4v) is 4.72. The van der Waals surface area contributed by atoms with Crippen molar-refractivity contribution in [1.29, 1.82) is 0 Å². The molecule has 2 saturated heterocycles. The minimum absolute atomic E-state index is 0.588. The van der Waals surface area contributed by atoms with Gasteiger partial charge in [-0.2, -0.15) is 0 Å². The lowest BCUT2D eigenvalue weighted by molar-refractivity contribution is 0.0575. The molecule has 3 aliphatic rings. The highest BCUT2D eigenvalue weighted by Gasteiger charge is 2.36. The Bertz CT molecular complexity index is 477. The van der Waals surface area contributed by atoms with Crippen molar-refractivity contribution in [2.75, 3.05) is 39.3 Å². The molecular formula is C19H29N3. The summed E-state index contributed by atoms with van der Waals surface area (Å²) < 4.78 is 0. The van der Waals surface area contributed by atoms with E-state index < -0.39 is 0 Å². The zero-order valence-electron chi connectivity index (χ0n) is 13.7. The molecule has 3 nitrogen and oxygen atoms in total. The first-order chi connectivity index (χ1) is 10.8. The van der Waals surface area contributed by atoms with Crippen LogP contribution in [0.25, 0.3) is 0 Å². The van der Waals surface area contributed by atoms with Gasteiger partial charge in [0.15, 0.2) is 0 Å². The van der Waals surface area contributed by atoms with E-state index in [1.165, 1.54) is 76.1 Å². The van der Waals surface area contributed by atoms with E-state index in [0.717, 1.165) is 13.1 Å². The first-order valence-electron chi connectivity index (χ1n) is 9.05. The second-order valence-electron chi connectivity index (χ2n) is 7.64. The molecule has 1 spiro atoms. The average molecular weight is 299 g/mol. The predicted octanol–water partition coefficient (Wildman–Crippen LogP) is 2.47. The standard InChI is InChI=1S/C19H29N3/c1-2-6-18-14-22(13-17(18)5-1)12-11-21-10-4-8-19(16-21)7-3-9-20-15-19/h1-2,5-6,20H,3-4,7-16H2. The fraction of sp³-hybridized carbons (Fsp3) is 0.684. The average Bonchev–Trinajstić information content (AvgIpc) is 2.97. The molecule has 1 aromatic rings. The Balaban J connectivity index is 1.29. The Kier molecular flexibility index (Phi) is 4.21. The molecule has 3 heteroatoms. The zero-order chi connectivity index (χ0) is 14.8. The lowest BCUT2D eigenvalue weighted by Gasteiger charge is -2.45. The summed E-state index contributed by atoms with van der Waals surface area (Å²) in [6.45, 7) is 9.87. The molecule has 1 aromatic carbocycles. The van der Waals surface area contributed by atoms with Crippen LogP contribution in [0, 0.1) is 5.41 Å². The molecule has 120 valence electrons. The Morgan fingerprint density at radius 1 is 0.955 bits per heavy atom. The number of likely N-dealkylation sites (tertiary alicyclic amines) is 1. The molecule has 0 amide bonds. The zero-order valence-corrected chi connectivity index (χ0v) is 13.7. The molecule has 0 bridgehead atoms. The number of nitrogens with zero attached hydrogens (tertiary/aromatic N) is 2. The van der Waals surface area contributed by atoms with Crippen LogP contribution in [-0.2, 0) is 13.1 Å². The number of hydrogen-bond donors (Lipinski definition) is 1. The van der Waals surface area contributed by atoms with Crippen LogP contribution in [0.4, 0.5) is 0 Å². The number of nitrogens with one attached hydrogen (secondary N) is 1. The summed E-state index contributed by atoms with van der Waals surface area (Å²) in [7, 11) is 0. The lowest BCUT2D eigenvalue weighted by atomic mass is 9.74. The monoisotopic (exact) mass is 299 g/mol. The van der Waals surface area contributed by atoms with Crippen LogP contribution in [0.2, 0.25) is 0 Å². The highest BCUT2D eigenvalue weighted by Crippen LogP contribution is 2.35. The van der Waals surface area contributed by atoms with E-state index >= 15 is 0 Å². The Morgan fingerprint density at radius 2 is 1.68 bits per heavy atom. The van der Waals surface area contributed by atoms with Crippen molar-refractivity contribution in [1.82, 2.24) is 15.1 Å². The van der Waals surface area contributed by atoms with Crippen LogP contribution in [0.3, 0.4) is 0 Å². The number of benzene rings is 1. The number of hydrogen-bond acceptors (Lipinski definition) is 3. The minimum atomic E-state index is 0.588. The van der Waals surface area contributed by atoms with Gasteiger partial charge in [0.2, 0.25) is 0 Å². The van der Waals surface area contributed by atoms with Gasteiger partial charge in [-0.15, -0.1) is 0 Å².